The quantitative estimate of drug-likeness (QED) is 0.236. The topological polar surface area (TPSA) is 117 Å². The number of benzene rings is 3. The molecule has 226 valence electrons. The van der Waals surface area contributed by atoms with E-state index in [9.17, 15) is 23.9 Å². The lowest BCUT2D eigenvalue weighted by molar-refractivity contribution is -0.122. The van der Waals surface area contributed by atoms with Gasteiger partial charge in [0.15, 0.2) is 0 Å². The molecule has 2 heterocycles. The average Bonchev–Trinajstić information content (AvgIpc) is 3.44. The molecule has 4 atom stereocenters. The van der Waals surface area contributed by atoms with E-state index in [-0.39, 0.29) is 34.0 Å². The molecule has 2 amide bonds. The highest BCUT2D eigenvalue weighted by Gasteiger charge is 2.66. The summed E-state index contributed by atoms with van der Waals surface area (Å²) in [4.78, 5) is 39.8. The second-order valence-electron chi connectivity index (χ2n) is 11.5. The molecule has 1 fully saturated rings. The second-order valence-corrected chi connectivity index (χ2v) is 12.4. The van der Waals surface area contributed by atoms with Crippen molar-refractivity contribution in [2.45, 2.75) is 43.7 Å². The van der Waals surface area contributed by atoms with E-state index in [1.54, 1.807) is 32.0 Å². The Labute approximate surface area is 256 Å². The number of hydrogen-bond donors (Lipinski definition) is 4. The van der Waals surface area contributed by atoms with Gasteiger partial charge in [0, 0.05) is 22.7 Å². The summed E-state index contributed by atoms with van der Waals surface area (Å²) in [6.45, 7) is 2.70. The minimum atomic E-state index is -1.57. The standard InChI is InChI=1S/C31H29Cl2F2N3O5/c1-30(2,14-34)13-23-31(18-9-8-16(32)12-21(18)37-29(31)42)24(17-5-4-6-19(33)25(17)35)26(38-23)27(39)36-20-10-7-15(28(40)41)11-22(20)43-3/h4-12,23-24,26,38H,13-14H2,1-3H3,(H,36,39)(H,37,42)(H,40,41)/t23-,24-,26+,31+/m0/s1. The number of ether oxygens (including phenoxy) is 1. The van der Waals surface area contributed by atoms with Crippen LogP contribution in [0, 0.1) is 11.2 Å². The fourth-order valence-corrected chi connectivity index (χ4v) is 6.64. The summed E-state index contributed by atoms with van der Waals surface area (Å²) in [5.74, 6) is -4.20. The molecule has 0 bridgehead atoms. The summed E-state index contributed by atoms with van der Waals surface area (Å²) in [5, 5.41) is 18.4. The van der Waals surface area contributed by atoms with Gasteiger partial charge in [-0.15, -0.1) is 0 Å². The van der Waals surface area contributed by atoms with Crippen LogP contribution in [0.4, 0.5) is 20.2 Å². The van der Waals surface area contributed by atoms with Gasteiger partial charge in [0.05, 0.1) is 36.1 Å². The maximum atomic E-state index is 15.9. The van der Waals surface area contributed by atoms with Crippen molar-refractivity contribution in [1.29, 1.82) is 0 Å². The number of amides is 2. The van der Waals surface area contributed by atoms with Gasteiger partial charge >= 0.3 is 5.97 Å². The van der Waals surface area contributed by atoms with E-state index in [4.69, 9.17) is 27.9 Å². The molecule has 1 saturated heterocycles. The Morgan fingerprint density at radius 3 is 2.56 bits per heavy atom. The third-order valence-electron chi connectivity index (χ3n) is 8.23. The summed E-state index contributed by atoms with van der Waals surface area (Å²) >= 11 is 12.5. The lowest BCUT2D eigenvalue weighted by Gasteiger charge is -2.38. The molecular weight excluding hydrogens is 603 g/mol. The van der Waals surface area contributed by atoms with Crippen LogP contribution < -0.4 is 20.7 Å². The summed E-state index contributed by atoms with van der Waals surface area (Å²) in [6, 6.07) is 11.1. The first-order valence-electron chi connectivity index (χ1n) is 13.4. The number of fused-ring (bicyclic) bond motifs is 2. The molecule has 8 nitrogen and oxygen atoms in total. The summed E-state index contributed by atoms with van der Waals surface area (Å²) < 4.78 is 35.5. The van der Waals surface area contributed by atoms with Crippen LogP contribution in [0.15, 0.2) is 54.6 Å². The van der Waals surface area contributed by atoms with Gasteiger partial charge in [-0.3, -0.25) is 14.0 Å². The van der Waals surface area contributed by atoms with Crippen LogP contribution in [0.2, 0.25) is 10.0 Å². The molecule has 0 saturated carbocycles. The Morgan fingerprint density at radius 1 is 1.14 bits per heavy atom. The number of carboxylic acids is 1. The molecule has 3 aromatic rings. The van der Waals surface area contributed by atoms with Crippen molar-refractivity contribution < 1.29 is 33.0 Å². The number of methoxy groups -OCH3 is 1. The van der Waals surface area contributed by atoms with E-state index in [1.807, 2.05) is 0 Å². The van der Waals surface area contributed by atoms with Gasteiger partial charge in [-0.25, -0.2) is 9.18 Å². The molecule has 5 rings (SSSR count). The van der Waals surface area contributed by atoms with Gasteiger partial charge in [0.2, 0.25) is 11.8 Å². The van der Waals surface area contributed by atoms with Crippen LogP contribution in [-0.2, 0) is 15.0 Å². The number of aromatic carboxylic acids is 1. The van der Waals surface area contributed by atoms with Crippen LogP contribution in [0.1, 0.15) is 47.7 Å². The summed E-state index contributed by atoms with van der Waals surface area (Å²) in [7, 11) is 1.32. The van der Waals surface area contributed by atoms with E-state index in [0.29, 0.717) is 16.3 Å². The van der Waals surface area contributed by atoms with Crippen molar-refractivity contribution in [3.8, 4) is 5.75 Å². The Hall–Kier alpha value is -3.73. The predicted molar refractivity (Wildman–Crippen MR) is 160 cm³/mol. The Bertz CT molecular complexity index is 1630. The first-order chi connectivity index (χ1) is 20.3. The molecule has 0 aromatic heterocycles. The predicted octanol–water partition coefficient (Wildman–Crippen LogP) is 6.18. The third-order valence-corrected chi connectivity index (χ3v) is 8.76. The minimum Gasteiger partial charge on any atom is -0.495 e. The molecule has 2 aliphatic heterocycles. The van der Waals surface area contributed by atoms with Gasteiger partial charge in [-0.05, 0) is 59.4 Å². The fraction of sp³-hybridized carbons (Fsp3) is 0.323. The van der Waals surface area contributed by atoms with E-state index in [0.717, 1.165) is 0 Å². The molecule has 12 heteroatoms. The van der Waals surface area contributed by atoms with Crippen molar-refractivity contribution in [3.05, 3.63) is 87.2 Å². The molecular formula is C31H29Cl2F2N3O5. The zero-order valence-electron chi connectivity index (χ0n) is 23.4. The number of alkyl halides is 1. The molecule has 0 unspecified atom stereocenters. The number of hydrogen-bond acceptors (Lipinski definition) is 5. The first-order valence-corrected chi connectivity index (χ1v) is 14.2. The number of anilines is 2. The van der Waals surface area contributed by atoms with Crippen LogP contribution in [0.5, 0.6) is 5.75 Å². The molecule has 3 aromatic carbocycles. The normalized spacial score (nSPS) is 22.8. The smallest absolute Gasteiger partial charge is 0.335 e. The zero-order valence-corrected chi connectivity index (χ0v) is 24.9. The molecule has 4 N–H and O–H groups in total. The van der Waals surface area contributed by atoms with Crippen LogP contribution in [0.25, 0.3) is 0 Å². The zero-order chi connectivity index (χ0) is 31.3. The molecule has 1 spiro atoms. The summed E-state index contributed by atoms with van der Waals surface area (Å²) in [6.07, 6.45) is 0.109. The monoisotopic (exact) mass is 631 g/mol. The van der Waals surface area contributed by atoms with Gasteiger partial charge < -0.3 is 25.8 Å². The number of carbonyl (C=O) groups is 3. The number of rotatable bonds is 8. The largest absolute Gasteiger partial charge is 0.495 e. The minimum absolute atomic E-state index is 0.0202. The molecule has 43 heavy (non-hydrogen) atoms. The first kappa shape index (κ1) is 30.7. The van der Waals surface area contributed by atoms with E-state index < -0.39 is 59.1 Å². The molecule has 0 aliphatic carbocycles. The van der Waals surface area contributed by atoms with Gasteiger partial charge in [-0.2, -0.15) is 0 Å². The van der Waals surface area contributed by atoms with Crippen LogP contribution in [-0.4, -0.2) is 48.8 Å². The summed E-state index contributed by atoms with van der Waals surface area (Å²) in [5.41, 5.74) is -1.48. The van der Waals surface area contributed by atoms with E-state index in [1.165, 1.54) is 43.5 Å². The van der Waals surface area contributed by atoms with Gasteiger partial charge in [0.1, 0.15) is 17.0 Å². The van der Waals surface area contributed by atoms with Crippen molar-refractivity contribution in [1.82, 2.24) is 5.32 Å². The highest BCUT2D eigenvalue weighted by Crippen LogP contribution is 2.57. The highest BCUT2D eigenvalue weighted by molar-refractivity contribution is 6.31. The van der Waals surface area contributed by atoms with Crippen molar-refractivity contribution >= 4 is 52.4 Å². The highest BCUT2D eigenvalue weighted by atomic mass is 35.5. The lowest BCUT2D eigenvalue weighted by Crippen LogP contribution is -2.50. The molecule has 2 aliphatic rings. The number of halogens is 4. The Morgan fingerprint density at radius 2 is 1.88 bits per heavy atom. The Kier molecular flexibility index (Phi) is 8.15. The molecule has 0 radical (unpaired) electrons. The average molecular weight is 632 g/mol. The van der Waals surface area contributed by atoms with Crippen LogP contribution in [0.3, 0.4) is 0 Å². The Balaban J connectivity index is 1.71. The van der Waals surface area contributed by atoms with Crippen LogP contribution >= 0.6 is 23.2 Å². The van der Waals surface area contributed by atoms with Gasteiger partial charge in [0.25, 0.3) is 0 Å². The number of nitrogens with one attached hydrogen (secondary N) is 3. The van der Waals surface area contributed by atoms with Gasteiger partial charge in [-0.1, -0.05) is 55.2 Å². The second kappa shape index (κ2) is 11.4. The maximum absolute atomic E-state index is 15.9. The number of carbonyl (C=O) groups excluding carboxylic acids is 2. The van der Waals surface area contributed by atoms with Crippen molar-refractivity contribution in [2.24, 2.45) is 5.41 Å². The van der Waals surface area contributed by atoms with E-state index in [2.05, 4.69) is 16.0 Å². The number of carboxylic acid groups (broad SMARTS) is 1. The fourth-order valence-electron chi connectivity index (χ4n) is 6.29. The van der Waals surface area contributed by atoms with E-state index >= 15 is 4.39 Å². The maximum Gasteiger partial charge on any atom is 0.335 e. The SMILES string of the molecule is COc1cc(C(=O)O)ccc1NC(=O)[C@@H]1N[C@@H](CC(C)(C)CF)[C@@]2(C(=O)Nc3cc(Cl)ccc32)[C@H]1c1cccc(Cl)c1F. The van der Waals surface area contributed by atoms with Crippen molar-refractivity contribution in [3.63, 3.8) is 0 Å². The van der Waals surface area contributed by atoms with Crippen molar-refractivity contribution in [2.75, 3.05) is 24.4 Å². The third kappa shape index (κ3) is 5.21. The lowest BCUT2D eigenvalue weighted by atomic mass is 9.62.